The maximum absolute atomic E-state index is 12.6. The summed E-state index contributed by atoms with van der Waals surface area (Å²) in [5, 5.41) is 3.85. The van der Waals surface area contributed by atoms with Crippen molar-refractivity contribution in [2.24, 2.45) is 0 Å². The molecular weight excluding hydrogens is 369 g/mol. The fraction of sp³-hybridized carbons (Fsp3) is 0.350. The molecule has 0 unspecified atom stereocenters. The van der Waals surface area contributed by atoms with Crippen molar-refractivity contribution >= 4 is 40.5 Å². The zero-order valence-corrected chi connectivity index (χ0v) is 17.1. The molecule has 4 nitrogen and oxygen atoms in total. The number of hydrogen-bond donors (Lipinski definition) is 1. The highest BCUT2D eigenvalue weighted by Crippen LogP contribution is 2.25. The number of nitrogens with one attached hydrogen (secondary N) is 1. The van der Waals surface area contributed by atoms with Gasteiger partial charge in [0, 0.05) is 31.4 Å². The molecule has 2 rings (SSSR count). The second-order valence-corrected chi connectivity index (χ2v) is 7.26. The number of carbonyl (C=O) groups is 1. The first-order valence-corrected chi connectivity index (χ1v) is 9.33. The van der Waals surface area contributed by atoms with Gasteiger partial charge >= 0.3 is 0 Å². The van der Waals surface area contributed by atoms with Crippen molar-refractivity contribution in [3.05, 3.63) is 58.1 Å². The van der Waals surface area contributed by atoms with Gasteiger partial charge in [0.2, 0.25) is 5.91 Å². The summed E-state index contributed by atoms with van der Waals surface area (Å²) in [6.45, 7) is 5.41. The van der Waals surface area contributed by atoms with Crippen LogP contribution in [-0.2, 0) is 11.3 Å². The van der Waals surface area contributed by atoms with Crippen LogP contribution in [0, 0.1) is 0 Å². The lowest BCUT2D eigenvalue weighted by Gasteiger charge is -2.27. The van der Waals surface area contributed by atoms with E-state index in [1.165, 1.54) is 5.56 Å². The molecule has 0 aromatic heterocycles. The van der Waals surface area contributed by atoms with E-state index in [1.54, 1.807) is 18.2 Å². The summed E-state index contributed by atoms with van der Waals surface area (Å²) in [5.41, 5.74) is 2.89. The SMILES string of the molecule is CCN(Cc1ccc(N(C)C)cc1)[C@@H](C)C(=O)Nc1ccc(Cl)cc1Cl. The highest BCUT2D eigenvalue weighted by atomic mass is 35.5. The molecule has 0 saturated heterocycles. The van der Waals surface area contributed by atoms with Gasteiger partial charge in [-0.2, -0.15) is 0 Å². The second-order valence-electron chi connectivity index (χ2n) is 6.41. The van der Waals surface area contributed by atoms with Crippen LogP contribution in [0.15, 0.2) is 42.5 Å². The number of carbonyl (C=O) groups excluding carboxylic acids is 1. The number of hydrogen-bond acceptors (Lipinski definition) is 3. The lowest BCUT2D eigenvalue weighted by molar-refractivity contribution is -0.120. The molecule has 6 heteroatoms. The molecule has 26 heavy (non-hydrogen) atoms. The number of likely N-dealkylation sites (N-methyl/N-ethyl adjacent to an activating group) is 1. The third-order valence-corrected chi connectivity index (χ3v) is 4.91. The minimum Gasteiger partial charge on any atom is -0.378 e. The molecule has 0 bridgehead atoms. The molecule has 1 atom stereocenters. The van der Waals surface area contributed by atoms with E-state index in [9.17, 15) is 4.79 Å². The third kappa shape index (κ3) is 5.37. The van der Waals surface area contributed by atoms with Crippen molar-refractivity contribution in [2.45, 2.75) is 26.4 Å². The van der Waals surface area contributed by atoms with Crippen LogP contribution in [0.2, 0.25) is 10.0 Å². The zero-order valence-electron chi connectivity index (χ0n) is 15.6. The first-order chi connectivity index (χ1) is 12.3. The number of nitrogens with zero attached hydrogens (tertiary/aromatic N) is 2. The molecule has 0 aliphatic heterocycles. The van der Waals surface area contributed by atoms with Crippen LogP contribution in [0.1, 0.15) is 19.4 Å². The quantitative estimate of drug-likeness (QED) is 0.725. The molecule has 0 fully saturated rings. The van der Waals surface area contributed by atoms with Crippen LogP contribution in [0.3, 0.4) is 0 Å². The van der Waals surface area contributed by atoms with Crippen LogP contribution in [-0.4, -0.2) is 37.5 Å². The molecule has 2 aromatic rings. The van der Waals surface area contributed by atoms with Crippen molar-refractivity contribution in [3.63, 3.8) is 0 Å². The van der Waals surface area contributed by atoms with E-state index in [2.05, 4.69) is 39.4 Å². The van der Waals surface area contributed by atoms with E-state index < -0.39 is 0 Å². The van der Waals surface area contributed by atoms with Gasteiger partial charge in [-0.3, -0.25) is 9.69 Å². The maximum Gasteiger partial charge on any atom is 0.241 e. The molecule has 140 valence electrons. The summed E-state index contributed by atoms with van der Waals surface area (Å²) < 4.78 is 0. The van der Waals surface area contributed by atoms with Crippen molar-refractivity contribution in [1.29, 1.82) is 0 Å². The molecular formula is C20H25Cl2N3O. The lowest BCUT2D eigenvalue weighted by atomic mass is 10.1. The van der Waals surface area contributed by atoms with E-state index >= 15 is 0 Å². The Bertz CT molecular complexity index is 747. The largest absolute Gasteiger partial charge is 0.378 e. The monoisotopic (exact) mass is 393 g/mol. The predicted molar refractivity (Wildman–Crippen MR) is 111 cm³/mol. The molecule has 0 aliphatic carbocycles. The standard InChI is InChI=1S/C20H25Cl2N3O/c1-5-25(13-15-6-9-17(10-7-15)24(3)4)14(2)20(26)23-19-11-8-16(21)12-18(19)22/h6-12,14H,5,13H2,1-4H3,(H,23,26)/t14-/m0/s1. The molecule has 0 radical (unpaired) electrons. The Morgan fingerprint density at radius 2 is 1.77 bits per heavy atom. The topological polar surface area (TPSA) is 35.6 Å². The number of halogens is 2. The van der Waals surface area contributed by atoms with E-state index in [-0.39, 0.29) is 11.9 Å². The van der Waals surface area contributed by atoms with Crippen molar-refractivity contribution < 1.29 is 4.79 Å². The molecule has 0 heterocycles. The Morgan fingerprint density at radius 1 is 1.12 bits per heavy atom. The van der Waals surface area contributed by atoms with Gasteiger partial charge in [0.1, 0.15) is 0 Å². The Balaban J connectivity index is 2.04. The van der Waals surface area contributed by atoms with E-state index in [1.807, 2.05) is 27.9 Å². The van der Waals surface area contributed by atoms with Crippen LogP contribution >= 0.6 is 23.2 Å². The van der Waals surface area contributed by atoms with Crippen molar-refractivity contribution in [2.75, 3.05) is 30.9 Å². The van der Waals surface area contributed by atoms with Gasteiger partial charge in [-0.1, -0.05) is 42.3 Å². The first-order valence-electron chi connectivity index (χ1n) is 8.58. The average Bonchev–Trinajstić information content (AvgIpc) is 2.61. The highest BCUT2D eigenvalue weighted by molar-refractivity contribution is 6.36. The van der Waals surface area contributed by atoms with E-state index in [0.29, 0.717) is 22.3 Å². The van der Waals surface area contributed by atoms with E-state index in [0.717, 1.165) is 12.2 Å². The Hall–Kier alpha value is -1.75. The van der Waals surface area contributed by atoms with E-state index in [4.69, 9.17) is 23.2 Å². The fourth-order valence-corrected chi connectivity index (χ4v) is 3.11. The summed E-state index contributed by atoms with van der Waals surface area (Å²) in [6.07, 6.45) is 0. The third-order valence-electron chi connectivity index (χ3n) is 4.36. The smallest absolute Gasteiger partial charge is 0.241 e. The minimum absolute atomic E-state index is 0.0963. The molecule has 0 saturated carbocycles. The fourth-order valence-electron chi connectivity index (χ4n) is 2.65. The van der Waals surface area contributed by atoms with Gasteiger partial charge in [-0.25, -0.2) is 0 Å². The maximum atomic E-state index is 12.6. The van der Waals surface area contributed by atoms with Crippen LogP contribution in [0.5, 0.6) is 0 Å². The van der Waals surface area contributed by atoms with Crippen LogP contribution in [0.25, 0.3) is 0 Å². The normalized spacial score (nSPS) is 12.1. The molecule has 1 amide bonds. The van der Waals surface area contributed by atoms with Crippen molar-refractivity contribution in [1.82, 2.24) is 4.90 Å². The first kappa shape index (κ1) is 20.6. The zero-order chi connectivity index (χ0) is 19.3. The molecule has 2 aromatic carbocycles. The van der Waals surface area contributed by atoms with Gasteiger partial charge in [0.05, 0.1) is 16.8 Å². The van der Waals surface area contributed by atoms with Gasteiger partial charge in [-0.05, 0) is 49.4 Å². The van der Waals surface area contributed by atoms with Crippen LogP contribution < -0.4 is 10.2 Å². The minimum atomic E-state index is -0.291. The summed E-state index contributed by atoms with van der Waals surface area (Å²) in [4.78, 5) is 16.8. The van der Waals surface area contributed by atoms with Gasteiger partial charge < -0.3 is 10.2 Å². The van der Waals surface area contributed by atoms with Gasteiger partial charge in [0.15, 0.2) is 0 Å². The average molecular weight is 394 g/mol. The number of benzene rings is 2. The number of anilines is 2. The summed E-state index contributed by atoms with van der Waals surface area (Å²) >= 11 is 12.0. The molecule has 0 aliphatic rings. The van der Waals surface area contributed by atoms with Crippen LogP contribution in [0.4, 0.5) is 11.4 Å². The van der Waals surface area contributed by atoms with Gasteiger partial charge in [-0.15, -0.1) is 0 Å². The molecule has 0 spiro atoms. The number of rotatable bonds is 7. The second kappa shape index (κ2) is 9.26. The van der Waals surface area contributed by atoms with Crippen molar-refractivity contribution in [3.8, 4) is 0 Å². The predicted octanol–water partition coefficient (Wildman–Crippen LogP) is 4.91. The lowest BCUT2D eigenvalue weighted by Crippen LogP contribution is -2.41. The number of amides is 1. The Labute approximate surface area is 165 Å². The summed E-state index contributed by atoms with van der Waals surface area (Å²) in [5.74, 6) is -0.0963. The highest BCUT2D eigenvalue weighted by Gasteiger charge is 2.21. The molecule has 1 N–H and O–H groups in total. The van der Waals surface area contributed by atoms with Gasteiger partial charge in [0.25, 0.3) is 0 Å². The summed E-state index contributed by atoms with van der Waals surface area (Å²) in [7, 11) is 4.03. The Morgan fingerprint density at radius 3 is 2.31 bits per heavy atom. The summed E-state index contributed by atoms with van der Waals surface area (Å²) in [6, 6.07) is 13.1. The Kier molecular flexibility index (Phi) is 7.33.